The maximum Gasteiger partial charge on any atom is 0.349 e. The molecule has 37 nitrogen and oxygen atoms in total. The second kappa shape index (κ2) is 44.9. The molecule has 21 N–H and O–H groups in total. The van der Waals surface area contributed by atoms with Gasteiger partial charge in [0.05, 0.1) is 0 Å². The quantitative estimate of drug-likeness (QED) is 0.111. The highest BCUT2D eigenvalue weighted by molar-refractivity contribution is 5.50. The van der Waals surface area contributed by atoms with E-state index < -0.39 is 0 Å². The van der Waals surface area contributed by atoms with Crippen LogP contribution in [0.25, 0.3) is 0 Å². The molecule has 10 heterocycles. The molecule has 0 aliphatic rings. The van der Waals surface area contributed by atoms with Gasteiger partial charge in [-0.1, -0.05) is 29.7 Å². The highest BCUT2D eigenvalue weighted by Crippen LogP contribution is 2.14. The van der Waals surface area contributed by atoms with E-state index in [0.717, 1.165) is 48.1 Å². The Hall–Kier alpha value is -13.0. The average molecular weight is 1450 g/mol. The molecule has 0 unspecified atom stereocenters. The van der Waals surface area contributed by atoms with Crippen molar-refractivity contribution in [1.82, 2.24) is 81.4 Å². The SMILES string of the molecule is C.C.C.C.CNc1ccn(C)c(=O)n1.Cc1cc(C)c(=O)[nH]c1N.Cc1cc(C)c(=O)[nH]c1N.Cc1cc(C)c(N)nc1N.Cc1cn(C)c(=O)n(C)c1=O.Cc1cn(C)c(=O)nc1N.Cc1cn(C)c(=O)nc1N.Cc1cn(C)c(N)nc1=O.Cc1cnc(N)nc1N.Cn1ccc(=O)n(C)c1=O. The minimum Gasteiger partial charge on any atom is -0.385 e. The van der Waals surface area contributed by atoms with E-state index in [2.05, 4.69) is 50.2 Å². The Labute approximate surface area is 602 Å². The van der Waals surface area contributed by atoms with Gasteiger partial charge in [-0.05, 0) is 123 Å². The van der Waals surface area contributed by atoms with E-state index in [1.165, 1.54) is 55.4 Å². The Morgan fingerprint density at radius 2 is 0.740 bits per heavy atom. The van der Waals surface area contributed by atoms with Crippen molar-refractivity contribution >= 4 is 58.4 Å². The molecule has 0 amide bonds. The van der Waals surface area contributed by atoms with Crippen molar-refractivity contribution in [2.24, 2.45) is 56.4 Å². The van der Waals surface area contributed by atoms with E-state index >= 15 is 0 Å². The first-order valence-corrected chi connectivity index (χ1v) is 29.6. The summed E-state index contributed by atoms with van der Waals surface area (Å²) in [6.45, 7) is 19.9. The lowest BCUT2D eigenvalue weighted by Crippen LogP contribution is -2.37. The zero-order valence-corrected chi connectivity index (χ0v) is 59.9. The highest BCUT2D eigenvalue weighted by atomic mass is 16.2. The van der Waals surface area contributed by atoms with Gasteiger partial charge in [-0.3, -0.25) is 33.1 Å². The summed E-state index contributed by atoms with van der Waals surface area (Å²) in [6.07, 6.45) is 11.2. The number of nitrogens with one attached hydrogen (secondary N) is 3. The molecule has 0 aliphatic heterocycles. The van der Waals surface area contributed by atoms with Crippen LogP contribution in [0.3, 0.4) is 0 Å². The van der Waals surface area contributed by atoms with Crippen LogP contribution in [-0.2, 0) is 56.4 Å². The lowest BCUT2D eigenvalue weighted by molar-refractivity contribution is 0.677. The molecule has 0 aromatic carbocycles. The van der Waals surface area contributed by atoms with E-state index in [0.29, 0.717) is 68.8 Å². The Morgan fingerprint density at radius 3 is 1.11 bits per heavy atom. The number of aromatic nitrogens is 17. The minimum absolute atomic E-state index is 0. The van der Waals surface area contributed by atoms with Gasteiger partial charge in [0.2, 0.25) is 11.9 Å². The number of aromatic amines is 2. The fourth-order valence-electron chi connectivity index (χ4n) is 7.15. The number of nitrogens with two attached hydrogens (primary N) is 9. The van der Waals surface area contributed by atoms with Gasteiger partial charge in [0.25, 0.3) is 27.8 Å². The summed E-state index contributed by atoms with van der Waals surface area (Å²) < 4.78 is 10.7. The van der Waals surface area contributed by atoms with Gasteiger partial charge in [0.1, 0.15) is 46.5 Å². The van der Waals surface area contributed by atoms with Crippen molar-refractivity contribution in [2.45, 2.75) is 106 Å². The Morgan fingerprint density at radius 1 is 0.365 bits per heavy atom. The molecular formula is C67H109N27O10. The van der Waals surface area contributed by atoms with Gasteiger partial charge in [0.15, 0.2) is 0 Å². The second-order valence-electron chi connectivity index (χ2n) is 22.2. The van der Waals surface area contributed by atoms with Crippen LogP contribution in [0, 0.1) is 76.2 Å². The van der Waals surface area contributed by atoms with E-state index in [9.17, 15) is 47.9 Å². The predicted octanol–water partition coefficient (Wildman–Crippen LogP) is 1.82. The summed E-state index contributed by atoms with van der Waals surface area (Å²) in [6, 6.07) is 8.56. The van der Waals surface area contributed by atoms with Crippen LogP contribution in [-0.4, -0.2) is 88.4 Å². The van der Waals surface area contributed by atoms with Crippen LogP contribution in [0.5, 0.6) is 0 Å². The first-order valence-electron chi connectivity index (χ1n) is 29.6. The molecule has 0 spiro atoms. The van der Waals surface area contributed by atoms with Gasteiger partial charge in [-0.15, -0.1) is 0 Å². The normalized spacial score (nSPS) is 9.38. The second-order valence-corrected chi connectivity index (χ2v) is 22.2. The van der Waals surface area contributed by atoms with E-state index in [-0.39, 0.29) is 97.8 Å². The molecule has 10 aromatic heterocycles. The maximum absolute atomic E-state index is 11.1. The number of hydrogen-bond acceptors (Lipinski definition) is 27. The lowest BCUT2D eigenvalue weighted by Gasteiger charge is -2.02. The average Bonchev–Trinajstić information content (AvgIpc) is 0.822. The van der Waals surface area contributed by atoms with E-state index in [1.807, 2.05) is 54.5 Å². The summed E-state index contributed by atoms with van der Waals surface area (Å²) in [5.74, 6) is 4.07. The molecular weight excluding hydrogens is 1340 g/mol. The molecule has 0 radical (unpaired) electrons. The molecule has 104 heavy (non-hydrogen) atoms. The summed E-state index contributed by atoms with van der Waals surface area (Å²) in [5.41, 5.74) is 55.0. The highest BCUT2D eigenvalue weighted by Gasteiger charge is 2.04. The molecule has 37 heteroatoms. The Bertz CT molecular complexity index is 4640. The van der Waals surface area contributed by atoms with Gasteiger partial charge < -0.3 is 94.3 Å². The smallest absolute Gasteiger partial charge is 0.349 e. The zero-order valence-electron chi connectivity index (χ0n) is 59.9. The minimum atomic E-state index is -0.317. The number of nitrogens with zero attached hydrogens (tertiary/aromatic N) is 15. The zero-order chi connectivity index (χ0) is 77.1. The fraction of sp³-hybridized carbons (Fsp3) is 0.358. The molecule has 0 bridgehead atoms. The van der Waals surface area contributed by atoms with Crippen LogP contribution < -0.4 is 113 Å². The van der Waals surface area contributed by atoms with Crippen LogP contribution in [0.2, 0.25) is 0 Å². The summed E-state index contributed by atoms with van der Waals surface area (Å²) in [4.78, 5) is 139. The van der Waals surface area contributed by atoms with Crippen molar-refractivity contribution in [3.63, 3.8) is 0 Å². The summed E-state index contributed by atoms with van der Waals surface area (Å²) in [5, 5.41) is 2.77. The van der Waals surface area contributed by atoms with Crippen molar-refractivity contribution in [1.29, 1.82) is 0 Å². The van der Waals surface area contributed by atoms with Crippen molar-refractivity contribution in [3.8, 4) is 0 Å². The van der Waals surface area contributed by atoms with Crippen molar-refractivity contribution in [3.05, 3.63) is 239 Å². The van der Waals surface area contributed by atoms with Gasteiger partial charge in [0, 0.05) is 152 Å². The molecule has 0 fully saturated rings. The van der Waals surface area contributed by atoms with Crippen molar-refractivity contribution in [2.75, 3.05) is 64.0 Å². The van der Waals surface area contributed by atoms with Crippen LogP contribution in [0.1, 0.15) is 90.9 Å². The van der Waals surface area contributed by atoms with Gasteiger partial charge >= 0.3 is 28.4 Å². The largest absolute Gasteiger partial charge is 0.385 e. The van der Waals surface area contributed by atoms with Crippen LogP contribution >= 0.6 is 0 Å². The third-order valence-electron chi connectivity index (χ3n) is 13.6. The molecule has 0 aliphatic carbocycles. The lowest BCUT2D eigenvalue weighted by atomic mass is 10.2. The molecule has 10 aromatic rings. The molecule has 0 saturated carbocycles. The predicted molar refractivity (Wildman–Crippen MR) is 420 cm³/mol. The topological polar surface area (TPSA) is 578 Å². The van der Waals surface area contributed by atoms with Gasteiger partial charge in [-0.25, -0.2) is 33.9 Å². The summed E-state index contributed by atoms with van der Waals surface area (Å²) >= 11 is 0. The van der Waals surface area contributed by atoms with E-state index in [1.54, 1.807) is 131 Å². The number of nitrogen functional groups attached to an aromatic ring is 9. The third-order valence-corrected chi connectivity index (χ3v) is 13.6. The molecule has 572 valence electrons. The van der Waals surface area contributed by atoms with Crippen LogP contribution in [0.4, 0.5) is 58.4 Å². The Balaban J connectivity index is -0.000000532. The molecule has 0 atom stereocenters. The summed E-state index contributed by atoms with van der Waals surface area (Å²) in [7, 11) is 14.5. The molecule has 10 rings (SSSR count). The maximum atomic E-state index is 11.1. The first-order chi connectivity index (χ1) is 46.3. The van der Waals surface area contributed by atoms with Crippen LogP contribution in [0.15, 0.2) is 122 Å². The molecule has 0 saturated heterocycles. The number of H-pyrrole nitrogens is 2. The van der Waals surface area contributed by atoms with Crippen molar-refractivity contribution < 1.29 is 0 Å². The number of hydrogen-bond donors (Lipinski definition) is 12. The first kappa shape index (κ1) is 97.4. The number of rotatable bonds is 1. The number of aryl methyl sites for hydroxylation is 17. The van der Waals surface area contributed by atoms with Gasteiger partial charge in [-0.2, -0.15) is 24.9 Å². The third kappa shape index (κ3) is 31.5. The standard InChI is InChI=1S/C7H11N3.C7H10N2O2.2C7H10N2O.4C6H9N3O.C6H8N2O2.C5H8N4.4CH4/c1-4-3-5(2)7(9)10-6(4)8;1-5-4-8(2)7(11)9(3)6(5)10;2*1-4-3-5(2)7(10)9-6(4)8;1-7-5-3-4-9(2)6(10)8-5;1-4-3-9(2)6(7)8-5(4)10;2*1-4-3-9(2)6(10)8-5(4)7;1-7-4-3-5(9)8(2)6(7)10;1-3-2-8-5(7)9-4(3)6;;;;/h3H,1-2H3,(H4,8,9,10);4H,1-3H3;2*3H,1-2H3,(H3,8,9,10);3-4H,1-2H3,(H,7,8,10);3*3H,1-2H3,(H2,7,8,10);3-4H,1-2H3;2H,1H3,(H4,6,7,8,9);4*1H4. The Kier molecular flexibility index (Phi) is 42.1. The van der Waals surface area contributed by atoms with E-state index in [4.69, 9.17) is 51.6 Å². The monoisotopic (exact) mass is 1450 g/mol. The fourth-order valence-corrected chi connectivity index (χ4v) is 7.15. The number of pyridine rings is 3. The number of anilines is 10.